The van der Waals surface area contributed by atoms with Gasteiger partial charge in [-0.25, -0.2) is 4.79 Å². The monoisotopic (exact) mass is 381 g/mol. The minimum atomic E-state index is -0.643. The molecule has 3 aromatic rings. The number of hydrogen-bond donors (Lipinski definition) is 2. The fourth-order valence-electron chi connectivity index (χ4n) is 2.66. The number of hydrogen-bond acceptors (Lipinski definition) is 5. The van der Waals surface area contributed by atoms with Crippen LogP contribution >= 0.6 is 11.8 Å². The molecule has 0 bridgehead atoms. The highest BCUT2D eigenvalue weighted by Gasteiger charge is 2.13. The standard InChI is InChI=1S/C19H19N5O2S/c1-12-3-8-16(13(2)9-12)24-11-21-23-19(24)27-10-17(25)14-4-6-15(7-5-14)22-18(20)26/h3-9,11H,10H2,1-2H3,(H3,20,22,26). The first-order valence-corrected chi connectivity index (χ1v) is 9.23. The lowest BCUT2D eigenvalue weighted by molar-refractivity contribution is 0.102. The Morgan fingerprint density at radius 2 is 1.89 bits per heavy atom. The van der Waals surface area contributed by atoms with E-state index < -0.39 is 6.03 Å². The molecule has 27 heavy (non-hydrogen) atoms. The molecule has 1 aromatic heterocycles. The van der Waals surface area contributed by atoms with Crippen molar-refractivity contribution in [3.8, 4) is 5.69 Å². The summed E-state index contributed by atoms with van der Waals surface area (Å²) in [4.78, 5) is 23.3. The average molecular weight is 381 g/mol. The van der Waals surface area contributed by atoms with Crippen molar-refractivity contribution in [3.05, 3.63) is 65.5 Å². The first kappa shape index (κ1) is 18.7. The SMILES string of the molecule is Cc1ccc(-n2cnnc2SCC(=O)c2ccc(NC(N)=O)cc2)c(C)c1. The molecule has 0 aliphatic carbocycles. The maximum absolute atomic E-state index is 12.4. The molecule has 3 N–H and O–H groups in total. The summed E-state index contributed by atoms with van der Waals surface area (Å²) in [5.74, 6) is 0.187. The van der Waals surface area contributed by atoms with E-state index in [2.05, 4.69) is 21.6 Å². The van der Waals surface area contributed by atoms with Crippen molar-refractivity contribution < 1.29 is 9.59 Å². The van der Waals surface area contributed by atoms with E-state index >= 15 is 0 Å². The van der Waals surface area contributed by atoms with E-state index in [9.17, 15) is 9.59 Å². The number of rotatable bonds is 6. The van der Waals surface area contributed by atoms with E-state index in [1.54, 1.807) is 30.6 Å². The molecule has 7 nitrogen and oxygen atoms in total. The Balaban J connectivity index is 1.70. The quantitative estimate of drug-likeness (QED) is 0.503. The van der Waals surface area contributed by atoms with Gasteiger partial charge in [0.05, 0.1) is 11.4 Å². The number of thioether (sulfide) groups is 1. The smallest absolute Gasteiger partial charge is 0.316 e. The first-order chi connectivity index (χ1) is 12.9. The average Bonchev–Trinajstić information content (AvgIpc) is 3.08. The van der Waals surface area contributed by atoms with Gasteiger partial charge in [-0.3, -0.25) is 9.36 Å². The molecule has 0 fully saturated rings. The number of benzene rings is 2. The Kier molecular flexibility index (Phi) is 5.56. The molecule has 0 saturated carbocycles. The third-order valence-corrected chi connectivity index (χ3v) is 4.88. The van der Waals surface area contributed by atoms with Crippen LogP contribution in [-0.2, 0) is 0 Å². The highest BCUT2D eigenvalue weighted by Crippen LogP contribution is 2.23. The molecule has 0 aliphatic heterocycles. The Morgan fingerprint density at radius 1 is 1.15 bits per heavy atom. The van der Waals surface area contributed by atoms with E-state index in [1.165, 1.54) is 17.3 Å². The largest absolute Gasteiger partial charge is 0.351 e. The lowest BCUT2D eigenvalue weighted by Crippen LogP contribution is -2.19. The van der Waals surface area contributed by atoms with Crippen LogP contribution in [0.15, 0.2) is 53.9 Å². The summed E-state index contributed by atoms with van der Waals surface area (Å²) >= 11 is 1.33. The van der Waals surface area contributed by atoms with Gasteiger partial charge in [-0.15, -0.1) is 10.2 Å². The van der Waals surface area contributed by atoms with Crippen molar-refractivity contribution in [2.75, 3.05) is 11.1 Å². The van der Waals surface area contributed by atoms with Gasteiger partial charge in [0.1, 0.15) is 6.33 Å². The van der Waals surface area contributed by atoms with E-state index in [0.717, 1.165) is 11.3 Å². The number of nitrogens with one attached hydrogen (secondary N) is 1. The molecule has 8 heteroatoms. The number of nitrogens with two attached hydrogens (primary N) is 1. The number of aryl methyl sites for hydroxylation is 2. The summed E-state index contributed by atoms with van der Waals surface area (Å²) in [6, 6.07) is 12.1. The summed E-state index contributed by atoms with van der Waals surface area (Å²) in [6.07, 6.45) is 1.65. The van der Waals surface area contributed by atoms with Crippen LogP contribution in [0.4, 0.5) is 10.5 Å². The molecular weight excluding hydrogens is 362 g/mol. The van der Waals surface area contributed by atoms with Gasteiger partial charge in [0.2, 0.25) is 0 Å². The van der Waals surface area contributed by atoms with E-state index in [0.29, 0.717) is 16.4 Å². The molecule has 2 amide bonds. The van der Waals surface area contributed by atoms with Crippen LogP contribution in [-0.4, -0.2) is 32.3 Å². The topological polar surface area (TPSA) is 103 Å². The predicted molar refractivity (Wildman–Crippen MR) is 106 cm³/mol. The summed E-state index contributed by atoms with van der Waals surface area (Å²) in [6.45, 7) is 4.07. The van der Waals surface area contributed by atoms with Crippen molar-refractivity contribution in [3.63, 3.8) is 0 Å². The lowest BCUT2D eigenvalue weighted by atomic mass is 10.1. The molecule has 0 spiro atoms. The number of carbonyl (C=O) groups excluding carboxylic acids is 2. The third kappa shape index (κ3) is 4.53. The van der Waals surface area contributed by atoms with Gasteiger partial charge in [-0.1, -0.05) is 29.5 Å². The molecule has 0 unspecified atom stereocenters. The molecular formula is C19H19N5O2S. The molecule has 3 rings (SSSR count). The van der Waals surface area contributed by atoms with E-state index in [1.807, 2.05) is 30.5 Å². The van der Waals surface area contributed by atoms with Crippen LogP contribution in [0.25, 0.3) is 5.69 Å². The Hall–Kier alpha value is -3.13. The number of anilines is 1. The number of Topliss-reactive ketones (excluding diaryl/α,β-unsaturated/α-hetero) is 1. The third-order valence-electron chi connectivity index (χ3n) is 3.94. The minimum Gasteiger partial charge on any atom is -0.351 e. The van der Waals surface area contributed by atoms with Gasteiger partial charge < -0.3 is 11.1 Å². The molecule has 0 radical (unpaired) electrons. The highest BCUT2D eigenvalue weighted by atomic mass is 32.2. The van der Waals surface area contributed by atoms with E-state index in [-0.39, 0.29) is 11.5 Å². The summed E-state index contributed by atoms with van der Waals surface area (Å²) in [7, 11) is 0. The van der Waals surface area contributed by atoms with Gasteiger partial charge in [-0.05, 0) is 49.7 Å². The van der Waals surface area contributed by atoms with Crippen molar-refractivity contribution in [1.82, 2.24) is 14.8 Å². The van der Waals surface area contributed by atoms with Gasteiger partial charge in [0.15, 0.2) is 10.9 Å². The maximum atomic E-state index is 12.4. The zero-order valence-electron chi connectivity index (χ0n) is 15.0. The van der Waals surface area contributed by atoms with E-state index in [4.69, 9.17) is 5.73 Å². The predicted octanol–water partition coefficient (Wildman–Crippen LogP) is 3.35. The fraction of sp³-hybridized carbons (Fsp3) is 0.158. The van der Waals surface area contributed by atoms with Gasteiger partial charge >= 0.3 is 6.03 Å². The number of amides is 2. The Labute approximate surface area is 161 Å². The summed E-state index contributed by atoms with van der Waals surface area (Å²) in [5, 5.41) is 11.2. The van der Waals surface area contributed by atoms with Crippen LogP contribution in [0, 0.1) is 13.8 Å². The normalized spacial score (nSPS) is 10.6. The van der Waals surface area contributed by atoms with Crippen LogP contribution in [0.3, 0.4) is 0 Å². The van der Waals surface area contributed by atoms with Crippen molar-refractivity contribution in [2.24, 2.45) is 5.73 Å². The molecule has 1 heterocycles. The number of carbonyl (C=O) groups is 2. The molecule has 0 aliphatic rings. The second-order valence-electron chi connectivity index (χ2n) is 6.05. The maximum Gasteiger partial charge on any atom is 0.316 e. The van der Waals surface area contributed by atoms with Crippen molar-refractivity contribution in [2.45, 2.75) is 19.0 Å². The minimum absolute atomic E-state index is 0.0409. The van der Waals surface area contributed by atoms with Crippen LogP contribution in [0.5, 0.6) is 0 Å². The van der Waals surface area contributed by atoms with Crippen molar-refractivity contribution >= 4 is 29.3 Å². The number of ketones is 1. The molecule has 0 atom stereocenters. The van der Waals surface area contributed by atoms with Gasteiger partial charge in [0.25, 0.3) is 0 Å². The van der Waals surface area contributed by atoms with Gasteiger partial charge in [-0.2, -0.15) is 0 Å². The number of primary amides is 1. The zero-order valence-corrected chi connectivity index (χ0v) is 15.8. The molecule has 0 saturated heterocycles. The number of nitrogens with zero attached hydrogens (tertiary/aromatic N) is 3. The van der Waals surface area contributed by atoms with Crippen LogP contribution < -0.4 is 11.1 Å². The first-order valence-electron chi connectivity index (χ1n) is 8.24. The highest BCUT2D eigenvalue weighted by molar-refractivity contribution is 7.99. The Morgan fingerprint density at radius 3 is 2.56 bits per heavy atom. The number of aromatic nitrogens is 3. The van der Waals surface area contributed by atoms with Crippen molar-refractivity contribution in [1.29, 1.82) is 0 Å². The summed E-state index contributed by atoms with van der Waals surface area (Å²) in [5.41, 5.74) is 9.45. The Bertz CT molecular complexity index is 982. The second-order valence-corrected chi connectivity index (χ2v) is 6.99. The molecule has 2 aromatic carbocycles. The van der Waals surface area contributed by atoms with Gasteiger partial charge in [0, 0.05) is 11.3 Å². The van der Waals surface area contributed by atoms with Crippen LogP contribution in [0.2, 0.25) is 0 Å². The fourth-order valence-corrected chi connectivity index (χ4v) is 3.48. The lowest BCUT2D eigenvalue weighted by Gasteiger charge is -2.10. The molecule has 138 valence electrons. The van der Waals surface area contributed by atoms with Crippen LogP contribution in [0.1, 0.15) is 21.5 Å². The number of urea groups is 1. The summed E-state index contributed by atoms with van der Waals surface area (Å²) < 4.78 is 1.88. The zero-order chi connectivity index (χ0) is 19.4. The second kappa shape index (κ2) is 8.05.